The maximum atomic E-state index is 10.7. The van der Waals surface area contributed by atoms with Crippen LogP contribution in [-0.2, 0) is 0 Å². The van der Waals surface area contributed by atoms with Crippen molar-refractivity contribution in [2.24, 2.45) is 0 Å². The Morgan fingerprint density at radius 2 is 2.29 bits per heavy atom. The Morgan fingerprint density at radius 1 is 1.43 bits per heavy atom. The molecule has 0 amide bonds. The van der Waals surface area contributed by atoms with E-state index in [9.17, 15) is 10.1 Å². The smallest absolute Gasteiger partial charge is 0.271 e. The van der Waals surface area contributed by atoms with Crippen LogP contribution in [0.1, 0.15) is 11.1 Å². The van der Waals surface area contributed by atoms with Gasteiger partial charge in [0.2, 0.25) is 0 Å². The summed E-state index contributed by atoms with van der Waals surface area (Å²) < 4.78 is 5.25. The van der Waals surface area contributed by atoms with E-state index in [-0.39, 0.29) is 16.6 Å². The van der Waals surface area contributed by atoms with Crippen LogP contribution in [-0.4, -0.2) is 32.3 Å². The molecular formula is C12H12N4O3S2. The molecule has 0 aliphatic carbocycles. The first-order chi connectivity index (χ1) is 10.1. The van der Waals surface area contributed by atoms with Crippen LogP contribution in [0.2, 0.25) is 0 Å². The van der Waals surface area contributed by atoms with E-state index >= 15 is 0 Å². The first-order valence-corrected chi connectivity index (χ1v) is 8.43. The molecule has 1 aliphatic heterocycles. The number of nitrogens with two attached hydrogens (primary N) is 1. The SMILES string of the molecule is Nc1cc([N+](=O)[O-])ccc1-c1nc(C2CSCCS2)no1. The molecule has 0 bridgehead atoms. The lowest BCUT2D eigenvalue weighted by molar-refractivity contribution is -0.384. The second kappa shape index (κ2) is 5.94. The van der Waals surface area contributed by atoms with Gasteiger partial charge >= 0.3 is 0 Å². The number of nitrogen functional groups attached to an aromatic ring is 1. The number of non-ortho nitro benzene ring substituents is 1. The number of aromatic nitrogens is 2. The molecule has 9 heteroatoms. The van der Waals surface area contributed by atoms with Gasteiger partial charge in [0.05, 0.1) is 21.4 Å². The van der Waals surface area contributed by atoms with Crippen molar-refractivity contribution in [1.82, 2.24) is 10.1 Å². The molecule has 1 fully saturated rings. The van der Waals surface area contributed by atoms with Gasteiger partial charge in [-0.3, -0.25) is 10.1 Å². The molecule has 110 valence electrons. The van der Waals surface area contributed by atoms with Crippen molar-refractivity contribution in [2.45, 2.75) is 5.25 Å². The summed E-state index contributed by atoms with van der Waals surface area (Å²) in [4.78, 5) is 14.6. The number of nitro groups is 1. The van der Waals surface area contributed by atoms with E-state index in [0.717, 1.165) is 17.3 Å². The highest BCUT2D eigenvalue weighted by Gasteiger charge is 2.23. The van der Waals surface area contributed by atoms with Crippen LogP contribution in [0.25, 0.3) is 11.5 Å². The minimum atomic E-state index is -0.491. The van der Waals surface area contributed by atoms with Crippen molar-refractivity contribution in [3.8, 4) is 11.5 Å². The van der Waals surface area contributed by atoms with E-state index in [1.165, 1.54) is 18.2 Å². The van der Waals surface area contributed by atoms with Crippen LogP contribution in [0.15, 0.2) is 22.7 Å². The van der Waals surface area contributed by atoms with Gasteiger partial charge in [0.1, 0.15) is 0 Å². The van der Waals surface area contributed by atoms with Gasteiger partial charge < -0.3 is 10.3 Å². The average molecular weight is 324 g/mol. The van der Waals surface area contributed by atoms with E-state index in [2.05, 4.69) is 10.1 Å². The zero-order chi connectivity index (χ0) is 14.8. The molecule has 2 aromatic rings. The van der Waals surface area contributed by atoms with Crippen molar-refractivity contribution < 1.29 is 9.45 Å². The molecule has 1 atom stereocenters. The Morgan fingerprint density at radius 3 is 2.95 bits per heavy atom. The quantitative estimate of drug-likeness (QED) is 0.521. The highest BCUT2D eigenvalue weighted by atomic mass is 32.2. The maximum absolute atomic E-state index is 10.7. The minimum absolute atomic E-state index is 0.0600. The largest absolute Gasteiger partial charge is 0.398 e. The van der Waals surface area contributed by atoms with Crippen molar-refractivity contribution in [3.63, 3.8) is 0 Å². The number of anilines is 1. The zero-order valence-corrected chi connectivity index (χ0v) is 12.5. The number of nitro benzene ring substituents is 1. The summed E-state index contributed by atoms with van der Waals surface area (Å²) in [5.74, 6) is 4.12. The Labute approximate surface area is 128 Å². The van der Waals surface area contributed by atoms with Crippen molar-refractivity contribution in [1.29, 1.82) is 0 Å². The Hall–Kier alpha value is -1.74. The van der Waals surface area contributed by atoms with Gasteiger partial charge in [-0.15, -0.1) is 11.8 Å². The normalized spacial score (nSPS) is 18.6. The van der Waals surface area contributed by atoms with Crippen LogP contribution >= 0.6 is 23.5 Å². The molecule has 21 heavy (non-hydrogen) atoms. The molecular weight excluding hydrogens is 312 g/mol. The van der Waals surface area contributed by atoms with Gasteiger partial charge in [-0.05, 0) is 6.07 Å². The van der Waals surface area contributed by atoms with Gasteiger partial charge in [0.15, 0.2) is 5.82 Å². The second-order valence-electron chi connectivity index (χ2n) is 4.42. The van der Waals surface area contributed by atoms with Gasteiger partial charge in [0, 0.05) is 29.4 Å². The summed E-state index contributed by atoms with van der Waals surface area (Å²) in [5.41, 5.74) is 6.55. The second-order valence-corrected chi connectivity index (χ2v) is 6.88. The predicted octanol–water partition coefficient (Wildman–Crippen LogP) is 2.75. The molecule has 2 heterocycles. The topological polar surface area (TPSA) is 108 Å². The fourth-order valence-electron chi connectivity index (χ4n) is 1.97. The zero-order valence-electron chi connectivity index (χ0n) is 10.9. The molecule has 1 aromatic carbocycles. The van der Waals surface area contributed by atoms with E-state index in [1.54, 1.807) is 0 Å². The lowest BCUT2D eigenvalue weighted by Crippen LogP contribution is -2.07. The van der Waals surface area contributed by atoms with E-state index in [4.69, 9.17) is 10.3 Å². The fraction of sp³-hybridized carbons (Fsp3) is 0.333. The summed E-state index contributed by atoms with van der Waals surface area (Å²) in [6, 6.07) is 4.21. The summed E-state index contributed by atoms with van der Waals surface area (Å²) >= 11 is 3.68. The first kappa shape index (κ1) is 14.2. The molecule has 1 aromatic heterocycles. The lowest BCUT2D eigenvalue weighted by Gasteiger charge is -2.16. The van der Waals surface area contributed by atoms with Gasteiger partial charge in [-0.25, -0.2) is 0 Å². The van der Waals surface area contributed by atoms with Crippen LogP contribution in [0, 0.1) is 10.1 Å². The van der Waals surface area contributed by atoms with Crippen molar-refractivity contribution in [3.05, 3.63) is 34.1 Å². The van der Waals surface area contributed by atoms with Crippen LogP contribution in [0.5, 0.6) is 0 Å². The van der Waals surface area contributed by atoms with E-state index < -0.39 is 4.92 Å². The van der Waals surface area contributed by atoms with Crippen LogP contribution in [0.4, 0.5) is 11.4 Å². The number of thioether (sulfide) groups is 2. The molecule has 1 unspecified atom stereocenters. The van der Waals surface area contributed by atoms with Crippen molar-refractivity contribution in [2.75, 3.05) is 23.0 Å². The molecule has 7 nitrogen and oxygen atoms in total. The van der Waals surface area contributed by atoms with Crippen LogP contribution in [0.3, 0.4) is 0 Å². The summed E-state index contributed by atoms with van der Waals surface area (Å²) in [7, 11) is 0. The number of benzene rings is 1. The Kier molecular flexibility index (Phi) is 4.02. The van der Waals surface area contributed by atoms with E-state index in [1.807, 2.05) is 23.5 Å². The van der Waals surface area contributed by atoms with Gasteiger partial charge in [-0.2, -0.15) is 16.7 Å². The highest BCUT2D eigenvalue weighted by Crippen LogP contribution is 2.36. The molecule has 0 spiro atoms. The number of hydrogen-bond donors (Lipinski definition) is 1. The summed E-state index contributed by atoms with van der Waals surface area (Å²) in [6.07, 6.45) is 0. The molecule has 0 radical (unpaired) electrons. The van der Waals surface area contributed by atoms with E-state index in [0.29, 0.717) is 17.3 Å². The monoisotopic (exact) mass is 324 g/mol. The molecule has 1 aliphatic rings. The maximum Gasteiger partial charge on any atom is 0.271 e. The standard InChI is InChI=1S/C12H12N4O3S2/c13-9-5-7(16(17)18)1-2-8(9)12-14-11(15-19-12)10-6-20-3-4-21-10/h1-2,5,10H,3-4,6,13H2. The molecule has 1 saturated heterocycles. The fourth-order valence-corrected chi connectivity index (χ4v) is 4.56. The third-order valence-electron chi connectivity index (χ3n) is 3.02. The van der Waals surface area contributed by atoms with Gasteiger partial charge in [0.25, 0.3) is 11.6 Å². The van der Waals surface area contributed by atoms with Crippen molar-refractivity contribution >= 4 is 34.9 Å². The minimum Gasteiger partial charge on any atom is -0.398 e. The molecule has 0 saturated carbocycles. The third kappa shape index (κ3) is 2.98. The first-order valence-electron chi connectivity index (χ1n) is 6.22. The molecule has 2 N–H and O–H groups in total. The highest BCUT2D eigenvalue weighted by molar-refractivity contribution is 8.06. The number of rotatable bonds is 3. The molecule has 3 rings (SSSR count). The Bertz CT molecular complexity index is 670. The number of hydrogen-bond acceptors (Lipinski definition) is 8. The van der Waals surface area contributed by atoms with Crippen LogP contribution < -0.4 is 5.73 Å². The number of nitrogens with zero attached hydrogens (tertiary/aromatic N) is 3. The summed E-state index contributed by atoms with van der Waals surface area (Å²) in [5, 5.41) is 14.9. The average Bonchev–Trinajstić information content (AvgIpc) is 2.97. The van der Waals surface area contributed by atoms with Gasteiger partial charge in [-0.1, -0.05) is 5.16 Å². The third-order valence-corrected chi connectivity index (χ3v) is 5.77. The predicted molar refractivity (Wildman–Crippen MR) is 83.3 cm³/mol. The lowest BCUT2D eigenvalue weighted by atomic mass is 10.1. The Balaban J connectivity index is 1.87. The summed E-state index contributed by atoms with van der Waals surface area (Å²) in [6.45, 7) is 0.